The zero-order valence-corrected chi connectivity index (χ0v) is 21.7. The normalized spacial score (nSPS) is 11.0. The number of aryl methyl sites for hydroxylation is 2. The Morgan fingerprint density at radius 2 is 1.66 bits per heavy atom. The van der Waals surface area contributed by atoms with Crippen molar-refractivity contribution in [3.05, 3.63) is 89.0 Å². The van der Waals surface area contributed by atoms with Gasteiger partial charge in [0, 0.05) is 30.4 Å². The molecule has 0 aliphatic carbocycles. The molecule has 0 fully saturated rings. The number of nitrogens with zero attached hydrogens (tertiary/aromatic N) is 6. The number of carbonyl (C=O) groups is 1. The Kier molecular flexibility index (Phi) is 10.1. The molecular formula is C29H29N7O2. The second-order valence-corrected chi connectivity index (χ2v) is 8.42. The van der Waals surface area contributed by atoms with Gasteiger partial charge in [0.05, 0.1) is 43.3 Å². The van der Waals surface area contributed by atoms with Gasteiger partial charge >= 0.3 is 0 Å². The summed E-state index contributed by atoms with van der Waals surface area (Å²) in [6.07, 6.45) is 0.635. The van der Waals surface area contributed by atoms with Gasteiger partial charge in [0.1, 0.15) is 5.75 Å². The van der Waals surface area contributed by atoms with Gasteiger partial charge in [-0.25, -0.2) is 5.43 Å². The summed E-state index contributed by atoms with van der Waals surface area (Å²) in [5.74, 6) is 0.217. The Bertz CT molecular complexity index is 1380. The Morgan fingerprint density at radius 3 is 2.29 bits per heavy atom. The molecule has 0 aliphatic heterocycles. The lowest BCUT2D eigenvalue weighted by molar-refractivity contribution is 0.0954. The standard InChI is InChI=1S/C29H29N7O2/c1-21-10-12-23(13-11-21)29(37)35-34-28(33-32-26-9-5-4-8-22(26)2)25-15-14-24(20-27(25)38-3)36(18-6-16-30)19-7-17-31/h4-5,8-15,20H,6-7,18-19H2,1-3H3,(H,35,37)/b33-32?,34-28+. The molecular weight excluding hydrogens is 478 g/mol. The summed E-state index contributed by atoms with van der Waals surface area (Å²) in [4.78, 5) is 14.7. The monoisotopic (exact) mass is 507 g/mol. The fourth-order valence-electron chi connectivity index (χ4n) is 3.59. The maximum absolute atomic E-state index is 12.7. The second kappa shape index (κ2) is 13.9. The maximum atomic E-state index is 12.7. The summed E-state index contributed by atoms with van der Waals surface area (Å²) in [5.41, 5.74) is 6.98. The third kappa shape index (κ3) is 7.49. The van der Waals surface area contributed by atoms with Crippen LogP contribution < -0.4 is 15.1 Å². The van der Waals surface area contributed by atoms with Crippen molar-refractivity contribution in [1.29, 1.82) is 10.5 Å². The van der Waals surface area contributed by atoms with Crippen molar-refractivity contribution in [2.24, 2.45) is 15.3 Å². The van der Waals surface area contributed by atoms with Gasteiger partial charge in [-0.2, -0.15) is 10.5 Å². The molecule has 1 amide bonds. The zero-order valence-electron chi connectivity index (χ0n) is 21.7. The van der Waals surface area contributed by atoms with E-state index in [-0.39, 0.29) is 11.7 Å². The number of nitrogens with one attached hydrogen (secondary N) is 1. The lowest BCUT2D eigenvalue weighted by atomic mass is 10.1. The first kappa shape index (κ1) is 27.6. The SMILES string of the molecule is COc1cc(N(CCC#N)CCC#N)ccc1/C(N=Nc1ccccc1C)=N\NC(=O)c1ccc(C)cc1. The van der Waals surface area contributed by atoms with E-state index in [1.165, 1.54) is 7.11 Å². The lowest BCUT2D eigenvalue weighted by Gasteiger charge is -2.23. The van der Waals surface area contributed by atoms with Gasteiger partial charge in [-0.05, 0) is 49.7 Å². The molecule has 0 atom stereocenters. The Balaban J connectivity index is 2.00. The first-order valence-corrected chi connectivity index (χ1v) is 12.1. The van der Waals surface area contributed by atoms with Crippen LogP contribution in [0.3, 0.4) is 0 Å². The molecule has 0 aromatic heterocycles. The largest absolute Gasteiger partial charge is 0.496 e. The third-order valence-corrected chi connectivity index (χ3v) is 5.72. The molecule has 0 aliphatic rings. The van der Waals surface area contributed by atoms with Crippen LogP contribution in [0, 0.1) is 36.5 Å². The molecule has 1 N–H and O–H groups in total. The van der Waals surface area contributed by atoms with Crippen molar-refractivity contribution < 1.29 is 9.53 Å². The average molecular weight is 508 g/mol. The van der Waals surface area contributed by atoms with E-state index >= 15 is 0 Å². The number of methoxy groups -OCH3 is 1. The molecule has 192 valence electrons. The predicted octanol–water partition coefficient (Wildman–Crippen LogP) is 5.82. The fraction of sp³-hybridized carbons (Fsp3) is 0.241. The number of nitriles is 2. The summed E-state index contributed by atoms with van der Waals surface area (Å²) in [5, 5.41) is 31.1. The quantitative estimate of drug-likeness (QED) is 0.160. The van der Waals surface area contributed by atoms with E-state index in [0.717, 1.165) is 16.8 Å². The zero-order chi connectivity index (χ0) is 27.3. The highest BCUT2D eigenvalue weighted by molar-refractivity contribution is 6.03. The maximum Gasteiger partial charge on any atom is 0.271 e. The summed E-state index contributed by atoms with van der Waals surface area (Å²) in [7, 11) is 1.53. The Hall–Kier alpha value is -5.02. The average Bonchev–Trinajstić information content (AvgIpc) is 2.94. The number of anilines is 1. The molecule has 3 aromatic rings. The molecule has 9 heteroatoms. The first-order chi connectivity index (χ1) is 18.5. The number of rotatable bonds is 10. The van der Waals surface area contributed by atoms with Crippen molar-refractivity contribution in [1.82, 2.24) is 5.43 Å². The fourth-order valence-corrected chi connectivity index (χ4v) is 3.59. The van der Waals surface area contributed by atoms with Crippen LogP contribution in [0.4, 0.5) is 11.4 Å². The van der Waals surface area contributed by atoms with Gasteiger partial charge in [0.15, 0.2) is 0 Å². The van der Waals surface area contributed by atoms with Gasteiger partial charge < -0.3 is 9.64 Å². The van der Waals surface area contributed by atoms with Crippen molar-refractivity contribution in [3.63, 3.8) is 0 Å². The predicted molar refractivity (Wildman–Crippen MR) is 147 cm³/mol. The molecule has 0 spiro atoms. The number of ether oxygens (including phenoxy) is 1. The number of amidine groups is 1. The minimum absolute atomic E-state index is 0.151. The minimum atomic E-state index is -0.386. The van der Waals surface area contributed by atoms with Gasteiger partial charge in [0.25, 0.3) is 5.91 Å². The minimum Gasteiger partial charge on any atom is -0.496 e. The van der Waals surface area contributed by atoms with Crippen LogP contribution >= 0.6 is 0 Å². The number of azo groups is 1. The third-order valence-electron chi connectivity index (χ3n) is 5.72. The molecule has 3 rings (SSSR count). The molecule has 0 bridgehead atoms. The number of benzene rings is 3. The number of carbonyl (C=O) groups excluding carboxylic acids is 1. The van der Waals surface area contributed by atoms with E-state index in [4.69, 9.17) is 15.3 Å². The van der Waals surface area contributed by atoms with Crippen molar-refractivity contribution in [3.8, 4) is 17.9 Å². The van der Waals surface area contributed by atoms with E-state index in [0.29, 0.717) is 48.5 Å². The van der Waals surface area contributed by atoms with E-state index in [2.05, 4.69) is 32.9 Å². The summed E-state index contributed by atoms with van der Waals surface area (Å²) in [6.45, 7) is 4.82. The van der Waals surface area contributed by atoms with Gasteiger partial charge in [-0.3, -0.25) is 4.79 Å². The molecule has 0 unspecified atom stereocenters. The van der Waals surface area contributed by atoms with Gasteiger partial charge in [-0.15, -0.1) is 15.3 Å². The lowest BCUT2D eigenvalue weighted by Crippen LogP contribution is -2.25. The van der Waals surface area contributed by atoms with E-state index in [1.807, 2.05) is 61.2 Å². The highest BCUT2D eigenvalue weighted by Crippen LogP contribution is 2.28. The molecule has 0 saturated carbocycles. The number of hydrazone groups is 1. The number of amides is 1. The van der Waals surface area contributed by atoms with Crippen molar-refractivity contribution in [2.45, 2.75) is 26.7 Å². The van der Waals surface area contributed by atoms with Crippen LogP contribution in [-0.4, -0.2) is 31.9 Å². The van der Waals surface area contributed by atoms with Crippen LogP contribution in [0.25, 0.3) is 0 Å². The molecule has 0 saturated heterocycles. The molecule has 9 nitrogen and oxygen atoms in total. The Labute approximate surface area is 222 Å². The first-order valence-electron chi connectivity index (χ1n) is 12.1. The van der Waals surface area contributed by atoms with Crippen LogP contribution in [0.5, 0.6) is 5.75 Å². The van der Waals surface area contributed by atoms with Crippen molar-refractivity contribution in [2.75, 3.05) is 25.1 Å². The summed E-state index contributed by atoms with van der Waals surface area (Å²) >= 11 is 0. The number of hydrogen-bond acceptors (Lipinski definition) is 7. The summed E-state index contributed by atoms with van der Waals surface area (Å²) < 4.78 is 5.65. The van der Waals surface area contributed by atoms with E-state index in [9.17, 15) is 4.79 Å². The topological polar surface area (TPSA) is 126 Å². The van der Waals surface area contributed by atoms with E-state index in [1.54, 1.807) is 24.3 Å². The van der Waals surface area contributed by atoms with Crippen molar-refractivity contribution >= 4 is 23.1 Å². The second-order valence-electron chi connectivity index (χ2n) is 8.42. The van der Waals surface area contributed by atoms with Gasteiger partial charge in [0.2, 0.25) is 5.84 Å². The van der Waals surface area contributed by atoms with Crippen LogP contribution in [-0.2, 0) is 0 Å². The van der Waals surface area contributed by atoms with E-state index < -0.39 is 0 Å². The van der Waals surface area contributed by atoms with Crippen LogP contribution in [0.1, 0.15) is 39.9 Å². The highest BCUT2D eigenvalue weighted by atomic mass is 16.5. The van der Waals surface area contributed by atoms with Gasteiger partial charge in [-0.1, -0.05) is 35.9 Å². The Morgan fingerprint density at radius 1 is 0.974 bits per heavy atom. The highest BCUT2D eigenvalue weighted by Gasteiger charge is 2.16. The smallest absolute Gasteiger partial charge is 0.271 e. The summed E-state index contributed by atoms with van der Waals surface area (Å²) in [6, 6.07) is 24.4. The molecule has 3 aromatic carbocycles. The molecule has 0 radical (unpaired) electrons. The van der Waals surface area contributed by atoms with Crippen LogP contribution in [0.2, 0.25) is 0 Å². The molecule has 0 heterocycles. The number of hydrogen-bond donors (Lipinski definition) is 1. The van der Waals surface area contributed by atoms with Crippen LogP contribution in [0.15, 0.2) is 82.1 Å². The molecule has 38 heavy (non-hydrogen) atoms.